The predicted octanol–water partition coefficient (Wildman–Crippen LogP) is 22.5. The van der Waals surface area contributed by atoms with Gasteiger partial charge in [0.15, 0.2) is 0 Å². The van der Waals surface area contributed by atoms with Crippen LogP contribution in [0.3, 0.4) is 0 Å². The Kier molecular flexibility index (Phi) is 23.5. The fraction of sp³-hybridized carbons (Fsp3) is 0.595. The maximum Gasteiger partial charge on any atom is -0.0129 e. The fourth-order valence-electron chi connectivity index (χ4n) is 8.76. The summed E-state index contributed by atoms with van der Waals surface area (Å²) in [5.41, 5.74) is 23.6. The molecule has 0 aliphatic rings. The molecule has 0 aliphatic heterocycles. The van der Waals surface area contributed by atoms with Gasteiger partial charge in [0.2, 0.25) is 0 Å². The maximum absolute atomic E-state index is 2.42. The van der Waals surface area contributed by atoms with Gasteiger partial charge in [0.25, 0.3) is 0 Å². The summed E-state index contributed by atoms with van der Waals surface area (Å²) in [5.74, 6) is 0. The average Bonchev–Trinajstić information content (AvgIpc) is 3.21. The van der Waals surface area contributed by atoms with E-state index in [9.17, 15) is 0 Å². The van der Waals surface area contributed by atoms with E-state index in [1.165, 1.54) is 83.5 Å². The van der Waals surface area contributed by atoms with E-state index in [4.69, 9.17) is 0 Å². The van der Waals surface area contributed by atoms with Crippen LogP contribution in [0.4, 0.5) is 0 Å². The maximum atomic E-state index is 2.42. The molecule has 0 saturated carbocycles. The molecular weight excluding hydrogens is 889 g/mol. The summed E-state index contributed by atoms with van der Waals surface area (Å²) in [4.78, 5) is 0. The van der Waals surface area contributed by atoms with Crippen LogP contribution >= 0.6 is 0 Å². The van der Waals surface area contributed by atoms with Crippen molar-refractivity contribution in [3.05, 3.63) is 174 Å². The van der Waals surface area contributed by atoms with Gasteiger partial charge in [-0.05, 0) is 156 Å². The minimum absolute atomic E-state index is 0.200. The van der Waals surface area contributed by atoms with Crippen molar-refractivity contribution in [1.82, 2.24) is 0 Å². The zero-order valence-electron chi connectivity index (χ0n) is 55.1. The van der Waals surface area contributed by atoms with E-state index in [1.807, 2.05) is 0 Å². The van der Waals surface area contributed by atoms with Gasteiger partial charge < -0.3 is 0 Å². The molecular formula is C74H118. The molecule has 0 N–H and O–H groups in total. The third kappa shape index (κ3) is 22.7. The van der Waals surface area contributed by atoms with Gasteiger partial charge in [-0.25, -0.2) is 0 Å². The molecule has 0 nitrogen and oxygen atoms in total. The standard InChI is InChI=1S/C19H32.C18H30.C14H22.C12H18.C11H16/c1-13-15(18(5,6)7)11-14(17(2,3)4)12-16(13)19(8,9)10;1-16(2,3)13-10-14(17(4,5)6)12-15(11-13)18(7,8)9;1-6-11-8-12(7-2)10-13(9-11)14(3,4)5;1-9-6-10(2)8-11(7-9)12(3,4)5;1-9-6-5-7-10(8-9)11(2,3)4/h11-12H,1-10H3;10-12H,1-9H3;8-10H,6-7H2,1-5H3;6-8H,1-5H3;5-8H,1-4H3. The first kappa shape index (κ1) is 68.1. The Labute approximate surface area is 462 Å². The lowest BCUT2D eigenvalue weighted by molar-refractivity contribution is 0.542. The van der Waals surface area contributed by atoms with Gasteiger partial charge in [-0.2, -0.15) is 0 Å². The summed E-state index contributed by atoms with van der Waals surface area (Å²) in [6, 6.07) is 34.5. The second kappa shape index (κ2) is 25.5. The highest BCUT2D eigenvalue weighted by atomic mass is 14.3. The molecule has 0 heterocycles. The molecule has 74 heavy (non-hydrogen) atoms. The average molecular weight is 1010 g/mol. The van der Waals surface area contributed by atoms with Gasteiger partial charge in [-0.3, -0.25) is 0 Å². The lowest BCUT2D eigenvalue weighted by Crippen LogP contribution is -2.23. The van der Waals surface area contributed by atoms with E-state index < -0.39 is 0 Å². The molecule has 0 spiro atoms. The topological polar surface area (TPSA) is 0 Å². The van der Waals surface area contributed by atoms with Crippen LogP contribution < -0.4 is 0 Å². The first-order chi connectivity index (χ1) is 32.9. The summed E-state index contributed by atoms with van der Waals surface area (Å²) in [5, 5.41) is 0. The normalized spacial score (nSPS) is 12.8. The van der Waals surface area contributed by atoms with Crippen LogP contribution in [0.2, 0.25) is 0 Å². The van der Waals surface area contributed by atoms with E-state index in [0.717, 1.165) is 12.8 Å². The Balaban J connectivity index is 0.000000469. The molecule has 5 rings (SSSR count). The molecule has 0 heteroatoms. The summed E-state index contributed by atoms with van der Waals surface area (Å²) in [7, 11) is 0. The Morgan fingerprint density at radius 2 is 0.500 bits per heavy atom. The van der Waals surface area contributed by atoms with Crippen molar-refractivity contribution in [3.63, 3.8) is 0 Å². The summed E-state index contributed by atoms with van der Waals surface area (Å²) in [6.07, 6.45) is 2.27. The highest BCUT2D eigenvalue weighted by molar-refractivity contribution is 5.47. The Morgan fingerprint density at radius 3 is 0.743 bits per heavy atom. The third-order valence-electron chi connectivity index (χ3n) is 14.1. The molecule has 414 valence electrons. The summed E-state index contributed by atoms with van der Waals surface area (Å²) < 4.78 is 0. The van der Waals surface area contributed by atoms with Gasteiger partial charge in [0, 0.05) is 0 Å². The first-order valence-electron chi connectivity index (χ1n) is 28.5. The Hall–Kier alpha value is -3.90. The highest BCUT2D eigenvalue weighted by Gasteiger charge is 2.28. The van der Waals surface area contributed by atoms with Gasteiger partial charge in [0.05, 0.1) is 0 Å². The zero-order valence-corrected chi connectivity index (χ0v) is 55.1. The number of benzene rings is 5. The van der Waals surface area contributed by atoms with Crippen molar-refractivity contribution in [3.8, 4) is 0 Å². The molecule has 0 unspecified atom stereocenters. The van der Waals surface area contributed by atoms with Crippen molar-refractivity contribution in [2.24, 2.45) is 0 Å². The van der Waals surface area contributed by atoms with E-state index >= 15 is 0 Å². The van der Waals surface area contributed by atoms with E-state index in [1.54, 1.807) is 0 Å². The van der Waals surface area contributed by atoms with Gasteiger partial charge in [-0.1, -0.05) is 308 Å². The number of aryl methyl sites for hydroxylation is 5. The lowest BCUT2D eigenvalue weighted by Gasteiger charge is -2.32. The molecule has 0 amide bonds. The fourth-order valence-corrected chi connectivity index (χ4v) is 8.76. The highest BCUT2D eigenvalue weighted by Crippen LogP contribution is 2.38. The van der Waals surface area contributed by atoms with E-state index in [0.29, 0.717) is 0 Å². The van der Waals surface area contributed by atoms with Crippen molar-refractivity contribution >= 4 is 0 Å². The smallest absolute Gasteiger partial charge is 0.0129 e. The minimum atomic E-state index is 0.200. The van der Waals surface area contributed by atoms with E-state index in [-0.39, 0.29) is 48.7 Å². The van der Waals surface area contributed by atoms with Crippen LogP contribution in [-0.2, 0) is 61.6 Å². The SMILES string of the molecule is CC(C)(C)c1cc(C(C)(C)C)cc(C(C)(C)C)c1.CCc1cc(CC)cc(C(C)(C)C)c1.Cc1c(C(C)(C)C)cc(C(C)(C)C)cc1C(C)(C)C.Cc1cc(C)cc(C(C)(C)C)c1.Cc1cccc(C(C)(C)C)c1. The van der Waals surface area contributed by atoms with Crippen molar-refractivity contribution in [2.75, 3.05) is 0 Å². The third-order valence-corrected chi connectivity index (χ3v) is 14.1. The van der Waals surface area contributed by atoms with Crippen molar-refractivity contribution < 1.29 is 0 Å². The van der Waals surface area contributed by atoms with Crippen LogP contribution in [-0.4, -0.2) is 0 Å². The molecule has 0 atom stereocenters. The monoisotopic (exact) mass is 1010 g/mol. The van der Waals surface area contributed by atoms with Crippen LogP contribution in [0.1, 0.15) is 284 Å². The Bertz CT molecular complexity index is 2360. The second-order valence-electron chi connectivity index (χ2n) is 31.2. The number of hydrogen-bond acceptors (Lipinski definition) is 0. The van der Waals surface area contributed by atoms with Crippen molar-refractivity contribution in [1.29, 1.82) is 0 Å². The second-order valence-corrected chi connectivity index (χ2v) is 31.2. The number of rotatable bonds is 2. The largest absolute Gasteiger partial charge is 0.0617 e. The van der Waals surface area contributed by atoms with Crippen LogP contribution in [0.15, 0.2) is 91.0 Å². The van der Waals surface area contributed by atoms with Crippen LogP contribution in [0, 0.1) is 27.7 Å². The van der Waals surface area contributed by atoms with Gasteiger partial charge in [-0.15, -0.1) is 0 Å². The van der Waals surface area contributed by atoms with Gasteiger partial charge in [0.1, 0.15) is 0 Å². The van der Waals surface area contributed by atoms with E-state index in [2.05, 4.69) is 319 Å². The summed E-state index contributed by atoms with van der Waals surface area (Å²) in [6.45, 7) is 74.9. The van der Waals surface area contributed by atoms with Gasteiger partial charge >= 0.3 is 0 Å². The molecule has 0 saturated heterocycles. The zero-order chi connectivity index (χ0) is 58.2. The van der Waals surface area contributed by atoms with Crippen molar-refractivity contribution in [2.45, 2.75) is 290 Å². The summed E-state index contributed by atoms with van der Waals surface area (Å²) >= 11 is 0. The molecule has 0 aliphatic carbocycles. The molecule has 0 bridgehead atoms. The molecule has 0 aromatic heterocycles. The molecule has 5 aromatic rings. The number of hydrogen-bond donors (Lipinski definition) is 0. The minimum Gasteiger partial charge on any atom is -0.0617 e. The van der Waals surface area contributed by atoms with Crippen LogP contribution in [0.5, 0.6) is 0 Å². The molecule has 5 aromatic carbocycles. The quantitative estimate of drug-likeness (QED) is 0.165. The first-order valence-corrected chi connectivity index (χ1v) is 28.5. The lowest BCUT2D eigenvalue weighted by atomic mass is 9.73. The van der Waals surface area contributed by atoms with Crippen LogP contribution in [0.25, 0.3) is 0 Å². The molecule has 0 fully saturated rings. The molecule has 0 radical (unpaired) electrons. The Morgan fingerprint density at radius 1 is 0.243 bits per heavy atom. The predicted molar refractivity (Wildman–Crippen MR) is 338 cm³/mol.